The number of carbonyl (C=O) groups is 2. The Morgan fingerprint density at radius 2 is 1.45 bits per heavy atom. The smallest absolute Gasteiger partial charge is 0.289 e. The van der Waals surface area contributed by atoms with Gasteiger partial charge in [0, 0.05) is 32.4 Å². The molecule has 2 amide bonds. The number of sulfone groups is 1. The van der Waals surface area contributed by atoms with E-state index in [4.69, 9.17) is 4.42 Å². The highest BCUT2D eigenvalue weighted by atomic mass is 32.2. The van der Waals surface area contributed by atoms with Crippen LogP contribution in [0.3, 0.4) is 0 Å². The van der Waals surface area contributed by atoms with Crippen LogP contribution in [0.2, 0.25) is 0 Å². The van der Waals surface area contributed by atoms with E-state index in [1.54, 1.807) is 4.90 Å². The molecule has 7 nitrogen and oxygen atoms in total. The van der Waals surface area contributed by atoms with E-state index < -0.39 is 9.84 Å². The Morgan fingerprint density at radius 1 is 0.931 bits per heavy atom. The van der Waals surface area contributed by atoms with E-state index in [-0.39, 0.29) is 22.2 Å². The summed E-state index contributed by atoms with van der Waals surface area (Å²) < 4.78 is 28.4. The highest BCUT2D eigenvalue weighted by Gasteiger charge is 2.55. The summed E-state index contributed by atoms with van der Waals surface area (Å²) in [4.78, 5) is 29.7. The molecule has 5 aliphatic rings. The van der Waals surface area contributed by atoms with Gasteiger partial charge in [-0.3, -0.25) is 9.59 Å². The molecule has 1 aliphatic heterocycles. The topological polar surface area (TPSA) is 87.9 Å². The maximum absolute atomic E-state index is 13.4. The van der Waals surface area contributed by atoms with Crippen molar-refractivity contribution >= 4 is 21.7 Å². The van der Waals surface area contributed by atoms with Crippen LogP contribution in [0.5, 0.6) is 0 Å². The van der Waals surface area contributed by atoms with Crippen LogP contribution in [0.25, 0.3) is 0 Å². The predicted molar refractivity (Wildman–Crippen MR) is 105 cm³/mol. The number of amides is 2. The van der Waals surface area contributed by atoms with Crippen molar-refractivity contribution in [1.82, 2.24) is 9.80 Å². The molecule has 4 saturated carbocycles. The fourth-order valence-electron chi connectivity index (χ4n) is 6.61. The van der Waals surface area contributed by atoms with Crippen LogP contribution in [0.4, 0.5) is 0 Å². The zero-order valence-electron chi connectivity index (χ0n) is 16.8. The maximum atomic E-state index is 13.4. The van der Waals surface area contributed by atoms with Crippen molar-refractivity contribution in [3.63, 3.8) is 0 Å². The number of furan rings is 1. The fraction of sp³-hybridized carbons (Fsp3) is 0.714. The van der Waals surface area contributed by atoms with Crippen LogP contribution < -0.4 is 0 Å². The maximum Gasteiger partial charge on any atom is 0.289 e. The van der Waals surface area contributed by atoms with Crippen molar-refractivity contribution in [3.05, 3.63) is 17.9 Å². The molecule has 0 atom stereocenters. The third kappa shape index (κ3) is 3.29. The number of carbonyl (C=O) groups excluding carboxylic acids is 2. The molecule has 1 aromatic rings. The van der Waals surface area contributed by atoms with Crippen molar-refractivity contribution in [2.75, 3.05) is 32.4 Å². The van der Waals surface area contributed by atoms with E-state index in [0.29, 0.717) is 32.1 Å². The van der Waals surface area contributed by atoms with Crippen LogP contribution in [0, 0.1) is 23.2 Å². The second-order valence-electron chi connectivity index (χ2n) is 9.67. The summed E-state index contributed by atoms with van der Waals surface area (Å²) in [6.07, 6.45) is 8.15. The number of hydrogen-bond donors (Lipinski definition) is 0. The number of piperazine rings is 1. The van der Waals surface area contributed by atoms with E-state index in [1.807, 2.05) is 4.90 Å². The van der Waals surface area contributed by atoms with Crippen LogP contribution >= 0.6 is 0 Å². The van der Waals surface area contributed by atoms with Crippen LogP contribution in [0.15, 0.2) is 21.6 Å². The van der Waals surface area contributed by atoms with Gasteiger partial charge in [0.15, 0.2) is 5.76 Å². The number of nitrogens with zero attached hydrogens (tertiary/aromatic N) is 2. The Bertz CT molecular complexity index is 907. The van der Waals surface area contributed by atoms with E-state index in [2.05, 4.69) is 0 Å². The molecule has 29 heavy (non-hydrogen) atoms. The molecule has 0 N–H and O–H groups in total. The summed E-state index contributed by atoms with van der Waals surface area (Å²) in [7, 11) is -3.48. The average molecular weight is 421 g/mol. The predicted octanol–water partition coefficient (Wildman–Crippen LogP) is 2.18. The summed E-state index contributed by atoms with van der Waals surface area (Å²) in [5.74, 6) is 2.22. The van der Waals surface area contributed by atoms with E-state index in [1.165, 1.54) is 31.4 Å². The van der Waals surface area contributed by atoms with Gasteiger partial charge in [-0.05, 0) is 68.4 Å². The largest absolute Gasteiger partial charge is 0.440 e. The Hall–Kier alpha value is -1.83. The molecule has 0 radical (unpaired) electrons. The van der Waals surface area contributed by atoms with Gasteiger partial charge in [-0.1, -0.05) is 0 Å². The Morgan fingerprint density at radius 3 is 1.93 bits per heavy atom. The molecule has 2 heterocycles. The van der Waals surface area contributed by atoms with Gasteiger partial charge in [0.2, 0.25) is 20.8 Å². The van der Waals surface area contributed by atoms with Crippen molar-refractivity contribution in [3.8, 4) is 0 Å². The molecule has 6 rings (SSSR count). The zero-order chi connectivity index (χ0) is 20.4. The van der Waals surface area contributed by atoms with Gasteiger partial charge in [0.1, 0.15) is 0 Å². The summed E-state index contributed by atoms with van der Waals surface area (Å²) in [5.41, 5.74) is -0.147. The quantitative estimate of drug-likeness (QED) is 0.748. The summed E-state index contributed by atoms with van der Waals surface area (Å²) in [6.45, 7) is 1.97. The SMILES string of the molecule is CS(=O)(=O)c1ccc(C(=O)N2CCN(C(=O)C34CC5CC(CC(C5)C3)C4)CC2)o1. The summed E-state index contributed by atoms with van der Waals surface area (Å²) in [5, 5.41) is -0.198. The molecule has 1 aromatic heterocycles. The van der Waals surface area contributed by atoms with Crippen LogP contribution in [-0.4, -0.2) is 62.5 Å². The molecule has 1 saturated heterocycles. The monoisotopic (exact) mass is 420 g/mol. The fourth-order valence-corrected chi connectivity index (χ4v) is 7.17. The third-order valence-electron chi connectivity index (χ3n) is 7.50. The minimum atomic E-state index is -3.48. The van der Waals surface area contributed by atoms with Crippen molar-refractivity contribution < 1.29 is 22.4 Å². The normalized spacial score (nSPS) is 33.9. The first-order valence-corrected chi connectivity index (χ1v) is 12.5. The molecule has 0 spiro atoms. The molecule has 0 aromatic carbocycles. The lowest BCUT2D eigenvalue weighted by atomic mass is 9.49. The third-order valence-corrected chi connectivity index (χ3v) is 8.45. The molecule has 4 aliphatic carbocycles. The Kier molecular flexibility index (Phi) is 4.35. The van der Waals surface area contributed by atoms with Gasteiger partial charge in [0.05, 0.1) is 5.41 Å². The highest BCUT2D eigenvalue weighted by molar-refractivity contribution is 7.90. The summed E-state index contributed by atoms with van der Waals surface area (Å²) >= 11 is 0. The second-order valence-corrected chi connectivity index (χ2v) is 11.6. The van der Waals surface area contributed by atoms with Crippen LogP contribution in [-0.2, 0) is 14.6 Å². The van der Waals surface area contributed by atoms with Gasteiger partial charge in [-0.25, -0.2) is 8.42 Å². The first-order chi connectivity index (χ1) is 13.7. The molecule has 158 valence electrons. The molecular weight excluding hydrogens is 392 g/mol. The molecular formula is C21H28N2O5S. The minimum Gasteiger partial charge on any atom is -0.440 e. The van der Waals surface area contributed by atoms with Crippen molar-refractivity contribution in [2.24, 2.45) is 23.2 Å². The first kappa shape index (κ1) is 19.2. The first-order valence-electron chi connectivity index (χ1n) is 10.6. The summed E-state index contributed by atoms with van der Waals surface area (Å²) in [6, 6.07) is 2.72. The van der Waals surface area contributed by atoms with Crippen LogP contribution in [0.1, 0.15) is 49.1 Å². The second kappa shape index (κ2) is 6.59. The molecule has 0 unspecified atom stereocenters. The lowest BCUT2D eigenvalue weighted by Crippen LogP contribution is -2.58. The van der Waals surface area contributed by atoms with Crippen molar-refractivity contribution in [2.45, 2.75) is 43.6 Å². The minimum absolute atomic E-state index is 0.0336. The lowest BCUT2D eigenvalue weighted by Gasteiger charge is -2.57. The number of rotatable bonds is 3. The lowest BCUT2D eigenvalue weighted by molar-refractivity contribution is -0.159. The van der Waals surface area contributed by atoms with Gasteiger partial charge >= 0.3 is 0 Å². The van der Waals surface area contributed by atoms with E-state index in [9.17, 15) is 18.0 Å². The zero-order valence-corrected chi connectivity index (χ0v) is 17.6. The van der Waals surface area contributed by atoms with E-state index >= 15 is 0 Å². The van der Waals surface area contributed by atoms with Gasteiger partial charge in [-0.15, -0.1) is 0 Å². The van der Waals surface area contributed by atoms with Gasteiger partial charge < -0.3 is 14.2 Å². The van der Waals surface area contributed by atoms with Gasteiger partial charge in [-0.2, -0.15) is 0 Å². The molecule has 5 fully saturated rings. The Balaban J connectivity index is 1.23. The molecule has 4 bridgehead atoms. The van der Waals surface area contributed by atoms with Gasteiger partial charge in [0.25, 0.3) is 5.91 Å². The van der Waals surface area contributed by atoms with E-state index in [0.717, 1.165) is 43.3 Å². The number of hydrogen-bond acceptors (Lipinski definition) is 5. The Labute approximate surface area is 171 Å². The average Bonchev–Trinajstić information content (AvgIpc) is 3.17. The molecule has 8 heteroatoms. The van der Waals surface area contributed by atoms with Crippen molar-refractivity contribution in [1.29, 1.82) is 0 Å². The highest BCUT2D eigenvalue weighted by Crippen LogP contribution is 2.60. The standard InChI is InChI=1S/C21H28N2O5S/c1-29(26,27)18-3-2-17(28-18)19(24)22-4-6-23(7-5-22)20(25)21-11-14-8-15(12-21)10-16(9-14)13-21/h2-3,14-16H,4-13H2,1H3.